The van der Waals surface area contributed by atoms with Gasteiger partial charge < -0.3 is 9.13 Å². The zero-order valence-electron chi connectivity index (χ0n) is 31.3. The molecule has 3 heterocycles. The minimum Gasteiger partial charge on any atom is -0.309 e. The molecule has 0 aliphatic heterocycles. The second kappa shape index (κ2) is 12.8. The van der Waals surface area contributed by atoms with Gasteiger partial charge in [0.15, 0.2) is 17.5 Å². The molecule has 0 saturated carbocycles. The van der Waals surface area contributed by atoms with Crippen LogP contribution in [0.2, 0.25) is 0 Å². The number of hydrogen-bond donors (Lipinski definition) is 0. The van der Waals surface area contributed by atoms with Gasteiger partial charge in [0, 0.05) is 38.5 Å². The average Bonchev–Trinajstić information content (AvgIpc) is 3.57. The van der Waals surface area contributed by atoms with Crippen molar-refractivity contribution < 1.29 is 0 Å². The molecule has 270 valence electrons. The molecular weight excluding hydrogens is 707 g/mol. The van der Waals surface area contributed by atoms with Crippen LogP contribution in [0.5, 0.6) is 0 Å². The molecule has 58 heavy (non-hydrogen) atoms. The fourth-order valence-electron chi connectivity index (χ4n) is 9.08. The van der Waals surface area contributed by atoms with Gasteiger partial charge in [0.05, 0.1) is 27.8 Å². The van der Waals surface area contributed by atoms with Crippen LogP contribution < -0.4 is 0 Å². The Morgan fingerprint density at radius 2 is 0.707 bits per heavy atom. The van der Waals surface area contributed by atoms with Crippen LogP contribution in [0, 0.1) is 0 Å². The lowest BCUT2D eigenvalue weighted by Gasteiger charge is -2.16. The highest BCUT2D eigenvalue weighted by molar-refractivity contribution is 6.28. The minimum absolute atomic E-state index is 0.613. The lowest BCUT2D eigenvalue weighted by Crippen LogP contribution is -2.04. The highest BCUT2D eigenvalue weighted by Gasteiger charge is 2.23. The molecule has 0 atom stereocenters. The van der Waals surface area contributed by atoms with Gasteiger partial charge in [-0.3, -0.25) is 0 Å². The number of fused-ring (bicyclic) bond motifs is 4. The third-order valence-electron chi connectivity index (χ3n) is 11.6. The predicted octanol–water partition coefficient (Wildman–Crippen LogP) is 13.4. The van der Waals surface area contributed by atoms with Crippen molar-refractivity contribution in [3.63, 3.8) is 0 Å². The Balaban J connectivity index is 1.18. The van der Waals surface area contributed by atoms with Crippen LogP contribution in [0.25, 0.3) is 111 Å². The quantitative estimate of drug-likeness (QED) is 0.177. The molecule has 0 aliphatic rings. The van der Waals surface area contributed by atoms with Crippen molar-refractivity contribution in [3.05, 3.63) is 200 Å². The highest BCUT2D eigenvalue weighted by atomic mass is 15.1. The van der Waals surface area contributed by atoms with Crippen LogP contribution in [0.15, 0.2) is 200 Å². The van der Waals surface area contributed by atoms with Gasteiger partial charge in [-0.25, -0.2) is 15.0 Å². The molecule has 0 N–H and O–H groups in total. The van der Waals surface area contributed by atoms with Crippen LogP contribution in [0.1, 0.15) is 0 Å². The van der Waals surface area contributed by atoms with E-state index < -0.39 is 0 Å². The minimum atomic E-state index is 0.613. The topological polar surface area (TPSA) is 48.5 Å². The molecule has 0 aliphatic carbocycles. The van der Waals surface area contributed by atoms with Gasteiger partial charge in [-0.1, -0.05) is 152 Å². The zero-order chi connectivity index (χ0) is 38.2. The third-order valence-corrected chi connectivity index (χ3v) is 11.6. The van der Waals surface area contributed by atoms with Crippen LogP contribution >= 0.6 is 0 Å². The van der Waals surface area contributed by atoms with E-state index in [9.17, 15) is 0 Å². The van der Waals surface area contributed by atoms with E-state index in [1.807, 2.05) is 0 Å². The summed E-state index contributed by atoms with van der Waals surface area (Å²) in [5.41, 5.74) is 9.48. The molecular formula is C53H33N5. The summed E-state index contributed by atoms with van der Waals surface area (Å²) in [6.45, 7) is 0. The van der Waals surface area contributed by atoms with E-state index in [-0.39, 0.29) is 0 Å². The molecule has 0 radical (unpaired) electrons. The molecule has 9 aromatic carbocycles. The normalized spacial score (nSPS) is 11.8. The molecule has 0 amide bonds. The lowest BCUT2D eigenvalue weighted by atomic mass is 10.0. The van der Waals surface area contributed by atoms with Crippen molar-refractivity contribution in [2.24, 2.45) is 0 Å². The average molecular weight is 740 g/mol. The maximum atomic E-state index is 5.36. The molecule has 5 nitrogen and oxygen atoms in total. The van der Waals surface area contributed by atoms with Crippen molar-refractivity contribution in [2.45, 2.75) is 0 Å². The maximum absolute atomic E-state index is 5.36. The number of hydrogen-bond acceptors (Lipinski definition) is 3. The van der Waals surface area contributed by atoms with E-state index in [1.165, 1.54) is 21.5 Å². The second-order valence-electron chi connectivity index (χ2n) is 14.8. The van der Waals surface area contributed by atoms with Crippen molar-refractivity contribution in [1.82, 2.24) is 24.1 Å². The third kappa shape index (κ3) is 4.87. The Morgan fingerprint density at radius 3 is 1.40 bits per heavy atom. The first-order valence-electron chi connectivity index (χ1n) is 19.6. The Kier molecular flexibility index (Phi) is 7.16. The predicted molar refractivity (Wildman–Crippen MR) is 240 cm³/mol. The highest BCUT2D eigenvalue weighted by Crippen LogP contribution is 2.43. The maximum Gasteiger partial charge on any atom is 0.166 e. The largest absolute Gasteiger partial charge is 0.309 e. The zero-order valence-corrected chi connectivity index (χ0v) is 31.3. The smallest absolute Gasteiger partial charge is 0.166 e. The molecule has 12 rings (SSSR count). The number of benzene rings is 9. The Labute approximate surface area is 333 Å². The fourth-order valence-corrected chi connectivity index (χ4v) is 9.08. The van der Waals surface area contributed by atoms with E-state index in [0.29, 0.717) is 17.5 Å². The Bertz CT molecular complexity index is 3470. The van der Waals surface area contributed by atoms with Crippen LogP contribution in [0.3, 0.4) is 0 Å². The summed E-state index contributed by atoms with van der Waals surface area (Å²) in [7, 11) is 0. The first-order valence-corrected chi connectivity index (χ1v) is 19.6. The monoisotopic (exact) mass is 739 g/mol. The molecule has 0 spiro atoms. The molecule has 0 bridgehead atoms. The molecule has 0 saturated heterocycles. The number of nitrogens with zero attached hydrogens (tertiary/aromatic N) is 5. The van der Waals surface area contributed by atoms with Gasteiger partial charge in [-0.05, 0) is 75.5 Å². The van der Waals surface area contributed by atoms with Crippen molar-refractivity contribution in [1.29, 1.82) is 0 Å². The van der Waals surface area contributed by atoms with E-state index in [0.717, 1.165) is 71.7 Å². The second-order valence-corrected chi connectivity index (χ2v) is 14.8. The van der Waals surface area contributed by atoms with Gasteiger partial charge in [-0.15, -0.1) is 0 Å². The Morgan fingerprint density at radius 1 is 0.276 bits per heavy atom. The van der Waals surface area contributed by atoms with E-state index in [2.05, 4.69) is 209 Å². The summed E-state index contributed by atoms with van der Waals surface area (Å²) in [4.78, 5) is 16.0. The summed E-state index contributed by atoms with van der Waals surface area (Å²) < 4.78 is 4.81. The summed E-state index contributed by atoms with van der Waals surface area (Å²) in [6.07, 6.45) is 0. The molecule has 0 unspecified atom stereocenters. The first-order chi connectivity index (χ1) is 28.8. The van der Waals surface area contributed by atoms with Crippen molar-refractivity contribution >= 4 is 65.2 Å². The first kappa shape index (κ1) is 32.4. The standard InChI is InChI=1S/C53H33N5/c1-2-20-36(21-3-1)57-44-29-10-8-24-39(44)40-26-14-31-46-49(40)50-47(57)32-15-33-48(50)58(46)45-30-11-9-25-43(45)53-55-51(41-27-12-18-34-16-4-6-22-37(34)41)54-52(56-53)42-28-13-19-35-17-5-7-23-38(35)42/h1-33H. The summed E-state index contributed by atoms with van der Waals surface area (Å²) in [5, 5.41) is 9.29. The van der Waals surface area contributed by atoms with Gasteiger partial charge >= 0.3 is 0 Å². The van der Waals surface area contributed by atoms with Crippen molar-refractivity contribution in [2.75, 3.05) is 0 Å². The summed E-state index contributed by atoms with van der Waals surface area (Å²) in [5.74, 6) is 1.88. The number of aromatic nitrogens is 5. The van der Waals surface area contributed by atoms with Crippen molar-refractivity contribution in [3.8, 4) is 45.5 Å². The van der Waals surface area contributed by atoms with E-state index >= 15 is 0 Å². The SMILES string of the molecule is c1ccc(-n2c3ccccc3c3cccc4c3c3c2cccc3n4-c2ccccc2-c2nc(-c3cccc4ccccc34)nc(-c3cccc4ccccc34)n2)cc1. The lowest BCUT2D eigenvalue weighted by molar-refractivity contribution is 1.07. The van der Waals surface area contributed by atoms with Gasteiger partial charge in [0.2, 0.25) is 0 Å². The fraction of sp³-hybridized carbons (Fsp3) is 0. The molecule has 3 aromatic heterocycles. The molecule has 0 fully saturated rings. The van der Waals surface area contributed by atoms with Crippen LogP contribution in [0.4, 0.5) is 0 Å². The van der Waals surface area contributed by atoms with Crippen LogP contribution in [-0.4, -0.2) is 24.1 Å². The summed E-state index contributed by atoms with van der Waals surface area (Å²) >= 11 is 0. The van der Waals surface area contributed by atoms with E-state index in [1.54, 1.807) is 0 Å². The Hall–Kier alpha value is -7.89. The molecule has 12 aromatic rings. The van der Waals surface area contributed by atoms with Crippen LogP contribution in [-0.2, 0) is 0 Å². The van der Waals surface area contributed by atoms with Gasteiger partial charge in [0.1, 0.15) is 0 Å². The summed E-state index contributed by atoms with van der Waals surface area (Å²) in [6, 6.07) is 70.9. The van der Waals surface area contributed by atoms with Gasteiger partial charge in [-0.2, -0.15) is 0 Å². The van der Waals surface area contributed by atoms with E-state index in [4.69, 9.17) is 15.0 Å². The molecule has 5 heteroatoms. The van der Waals surface area contributed by atoms with Gasteiger partial charge in [0.25, 0.3) is 0 Å². The number of para-hydroxylation sites is 3. The number of rotatable bonds is 5.